The van der Waals surface area contributed by atoms with Gasteiger partial charge in [-0.25, -0.2) is 0 Å². The van der Waals surface area contributed by atoms with Gasteiger partial charge in [0.2, 0.25) is 0 Å². The number of aromatic hydroxyl groups is 3. The van der Waals surface area contributed by atoms with E-state index < -0.39 is 0 Å². The van der Waals surface area contributed by atoms with Crippen LogP contribution in [0.25, 0.3) is 0 Å². The lowest BCUT2D eigenvalue weighted by Gasteiger charge is -2.11. The molecular formula is C15H16O4. The molecule has 4 nitrogen and oxygen atoms in total. The number of aliphatic hydroxyl groups is 1. The van der Waals surface area contributed by atoms with E-state index in [1.54, 1.807) is 30.3 Å². The molecule has 0 bridgehead atoms. The number of rotatable bonds is 4. The van der Waals surface area contributed by atoms with E-state index in [4.69, 9.17) is 5.11 Å². The third-order valence-corrected chi connectivity index (χ3v) is 3.08. The minimum Gasteiger partial charge on any atom is -0.508 e. The number of phenolic OH excluding ortho intramolecular Hbond substituents is 3. The summed E-state index contributed by atoms with van der Waals surface area (Å²) in [7, 11) is 0. The monoisotopic (exact) mass is 260 g/mol. The maximum absolute atomic E-state index is 10.1. The fraction of sp³-hybridized carbons (Fsp3) is 0.200. The van der Waals surface area contributed by atoms with E-state index in [-0.39, 0.29) is 30.3 Å². The summed E-state index contributed by atoms with van der Waals surface area (Å²) in [5, 5.41) is 38.4. The first kappa shape index (κ1) is 13.2. The van der Waals surface area contributed by atoms with Crippen molar-refractivity contribution in [1.82, 2.24) is 0 Å². The summed E-state index contributed by atoms with van der Waals surface area (Å²) >= 11 is 0. The van der Waals surface area contributed by atoms with Crippen molar-refractivity contribution in [2.45, 2.75) is 12.8 Å². The molecule has 0 saturated carbocycles. The Morgan fingerprint density at radius 1 is 0.789 bits per heavy atom. The molecule has 0 amide bonds. The van der Waals surface area contributed by atoms with Gasteiger partial charge >= 0.3 is 0 Å². The van der Waals surface area contributed by atoms with Gasteiger partial charge in [-0.05, 0) is 23.3 Å². The van der Waals surface area contributed by atoms with E-state index in [9.17, 15) is 15.3 Å². The number of benzene rings is 2. The molecule has 0 aromatic heterocycles. The summed E-state index contributed by atoms with van der Waals surface area (Å²) in [6.07, 6.45) is 0.545. The second-order valence-electron chi connectivity index (χ2n) is 4.35. The minimum atomic E-state index is -0.152. The van der Waals surface area contributed by atoms with Gasteiger partial charge in [-0.3, -0.25) is 0 Å². The van der Waals surface area contributed by atoms with Crippen molar-refractivity contribution in [2.24, 2.45) is 0 Å². The summed E-state index contributed by atoms with van der Waals surface area (Å²) in [6.45, 7) is -0.152. The van der Waals surface area contributed by atoms with Gasteiger partial charge in [0.05, 0.1) is 0 Å². The van der Waals surface area contributed by atoms with E-state index >= 15 is 0 Å². The molecule has 0 aliphatic carbocycles. The normalized spacial score (nSPS) is 10.6. The molecule has 0 spiro atoms. The fourth-order valence-corrected chi connectivity index (χ4v) is 2.04. The summed E-state index contributed by atoms with van der Waals surface area (Å²) in [6, 6.07) is 9.99. The minimum absolute atomic E-state index is 0.0303. The van der Waals surface area contributed by atoms with Crippen LogP contribution in [0.1, 0.15) is 16.7 Å². The number of para-hydroxylation sites is 1. The lowest BCUT2D eigenvalue weighted by molar-refractivity contribution is 0.294. The van der Waals surface area contributed by atoms with Crippen molar-refractivity contribution < 1.29 is 20.4 Å². The maximum atomic E-state index is 10.1. The van der Waals surface area contributed by atoms with Crippen molar-refractivity contribution in [3.8, 4) is 17.2 Å². The van der Waals surface area contributed by atoms with Crippen LogP contribution in [0.5, 0.6) is 17.2 Å². The number of hydrogen-bond donors (Lipinski definition) is 4. The summed E-state index contributed by atoms with van der Waals surface area (Å²) < 4.78 is 0. The molecule has 0 unspecified atom stereocenters. The van der Waals surface area contributed by atoms with E-state index in [1.165, 1.54) is 6.07 Å². The van der Waals surface area contributed by atoms with Gasteiger partial charge in [0, 0.05) is 25.0 Å². The van der Waals surface area contributed by atoms with Crippen LogP contribution in [0.4, 0.5) is 0 Å². The zero-order chi connectivity index (χ0) is 13.8. The highest BCUT2D eigenvalue weighted by Crippen LogP contribution is 2.33. The Labute approximate surface area is 111 Å². The Hall–Kier alpha value is -2.20. The van der Waals surface area contributed by atoms with E-state index in [0.29, 0.717) is 23.1 Å². The average Bonchev–Trinajstić information content (AvgIpc) is 2.40. The standard InChI is InChI=1S/C15H16O4/c16-8-7-12-14(18)6-5-11(15(12)19)9-10-3-1-2-4-13(10)17/h1-6,16-19H,7-9H2. The molecule has 0 aliphatic rings. The Morgan fingerprint density at radius 2 is 1.53 bits per heavy atom. The third-order valence-electron chi connectivity index (χ3n) is 3.08. The molecule has 100 valence electrons. The van der Waals surface area contributed by atoms with Gasteiger partial charge in [0.15, 0.2) is 0 Å². The van der Waals surface area contributed by atoms with Crippen LogP contribution in [-0.2, 0) is 12.8 Å². The van der Waals surface area contributed by atoms with Crippen molar-refractivity contribution in [1.29, 1.82) is 0 Å². The van der Waals surface area contributed by atoms with Gasteiger partial charge in [0.1, 0.15) is 17.2 Å². The van der Waals surface area contributed by atoms with Gasteiger partial charge in [-0.2, -0.15) is 0 Å². The SMILES string of the molecule is OCCc1c(O)ccc(Cc2ccccc2O)c1O. The topological polar surface area (TPSA) is 80.9 Å². The molecule has 2 rings (SSSR count). The molecule has 0 fully saturated rings. The first-order valence-electron chi connectivity index (χ1n) is 6.04. The molecule has 2 aromatic rings. The third kappa shape index (κ3) is 2.80. The van der Waals surface area contributed by atoms with Crippen molar-refractivity contribution >= 4 is 0 Å². The fourth-order valence-electron chi connectivity index (χ4n) is 2.04. The maximum Gasteiger partial charge on any atom is 0.126 e. The molecule has 19 heavy (non-hydrogen) atoms. The van der Waals surface area contributed by atoms with Gasteiger partial charge in [-0.15, -0.1) is 0 Å². The molecular weight excluding hydrogens is 244 g/mol. The predicted octanol–water partition coefficient (Wildman–Crippen LogP) is 1.93. The first-order chi connectivity index (χ1) is 9.13. The van der Waals surface area contributed by atoms with E-state index in [0.717, 1.165) is 0 Å². The molecule has 0 aliphatic heterocycles. The highest BCUT2D eigenvalue weighted by molar-refractivity contribution is 5.51. The summed E-state index contributed by atoms with van der Waals surface area (Å²) in [4.78, 5) is 0. The zero-order valence-electron chi connectivity index (χ0n) is 10.4. The molecule has 0 saturated heterocycles. The second kappa shape index (κ2) is 5.63. The lowest BCUT2D eigenvalue weighted by atomic mass is 9.99. The van der Waals surface area contributed by atoms with Crippen LogP contribution in [0.2, 0.25) is 0 Å². The smallest absolute Gasteiger partial charge is 0.126 e. The molecule has 4 N–H and O–H groups in total. The number of phenols is 3. The highest BCUT2D eigenvalue weighted by Gasteiger charge is 2.13. The molecule has 0 radical (unpaired) electrons. The molecule has 0 heterocycles. The van der Waals surface area contributed by atoms with Crippen molar-refractivity contribution in [2.75, 3.05) is 6.61 Å². The van der Waals surface area contributed by atoms with Crippen LogP contribution in [0.3, 0.4) is 0 Å². The number of hydrogen-bond acceptors (Lipinski definition) is 4. The second-order valence-corrected chi connectivity index (χ2v) is 4.35. The zero-order valence-corrected chi connectivity index (χ0v) is 10.4. The molecule has 2 aromatic carbocycles. The molecule has 0 atom stereocenters. The average molecular weight is 260 g/mol. The van der Waals surface area contributed by atoms with E-state index in [2.05, 4.69) is 0 Å². The first-order valence-corrected chi connectivity index (χ1v) is 6.04. The van der Waals surface area contributed by atoms with Gasteiger partial charge in [-0.1, -0.05) is 24.3 Å². The predicted molar refractivity (Wildman–Crippen MR) is 71.5 cm³/mol. The van der Waals surface area contributed by atoms with Crippen molar-refractivity contribution in [3.63, 3.8) is 0 Å². The Bertz CT molecular complexity index is 578. The largest absolute Gasteiger partial charge is 0.508 e. The Kier molecular flexibility index (Phi) is 3.92. The van der Waals surface area contributed by atoms with E-state index in [1.807, 2.05) is 0 Å². The van der Waals surface area contributed by atoms with Crippen LogP contribution in [0.15, 0.2) is 36.4 Å². The summed E-state index contributed by atoms with van der Waals surface area (Å²) in [5.41, 5.74) is 1.62. The number of aliphatic hydroxyl groups excluding tert-OH is 1. The van der Waals surface area contributed by atoms with Crippen LogP contribution in [-0.4, -0.2) is 27.0 Å². The van der Waals surface area contributed by atoms with Crippen LogP contribution in [0, 0.1) is 0 Å². The van der Waals surface area contributed by atoms with Gasteiger partial charge in [0.25, 0.3) is 0 Å². The molecule has 4 heteroatoms. The van der Waals surface area contributed by atoms with Crippen molar-refractivity contribution in [3.05, 3.63) is 53.1 Å². The van der Waals surface area contributed by atoms with Gasteiger partial charge < -0.3 is 20.4 Å². The Balaban J connectivity index is 2.36. The van der Waals surface area contributed by atoms with Crippen LogP contribution < -0.4 is 0 Å². The quantitative estimate of drug-likeness (QED) is 0.677. The summed E-state index contributed by atoms with van der Waals surface area (Å²) in [5.74, 6) is 0.101. The van der Waals surface area contributed by atoms with Crippen LogP contribution >= 0.6 is 0 Å². The highest BCUT2D eigenvalue weighted by atomic mass is 16.3. The Morgan fingerprint density at radius 3 is 2.21 bits per heavy atom. The lowest BCUT2D eigenvalue weighted by Crippen LogP contribution is -1.96.